The number of nitrogens with zero attached hydrogens (tertiary/aromatic N) is 2. The number of hydrogen-bond acceptors (Lipinski definition) is 4. The number of hydrazine groups is 1. The van der Waals surface area contributed by atoms with E-state index in [9.17, 15) is 4.79 Å². The number of amides is 1. The van der Waals surface area contributed by atoms with Gasteiger partial charge < -0.3 is 5.32 Å². The van der Waals surface area contributed by atoms with Crippen LogP contribution in [-0.4, -0.2) is 23.9 Å². The molecule has 10 heavy (non-hydrogen) atoms. The van der Waals surface area contributed by atoms with Crippen LogP contribution >= 0.6 is 0 Å². The predicted molar refractivity (Wildman–Crippen MR) is 34.6 cm³/mol. The minimum absolute atomic E-state index is 0.209. The SMILES string of the molecule is O=C1N=CN2NCNC=C12. The first-order valence-electron chi connectivity index (χ1n) is 2.93. The molecule has 0 spiro atoms. The maximum absolute atomic E-state index is 10.8. The summed E-state index contributed by atoms with van der Waals surface area (Å²) in [5.41, 5.74) is 3.44. The second-order valence-corrected chi connectivity index (χ2v) is 1.99. The highest BCUT2D eigenvalue weighted by molar-refractivity contribution is 6.04. The average molecular weight is 138 g/mol. The number of rotatable bonds is 0. The summed E-state index contributed by atoms with van der Waals surface area (Å²) in [6.07, 6.45) is 3.11. The zero-order valence-electron chi connectivity index (χ0n) is 5.16. The van der Waals surface area contributed by atoms with Crippen LogP contribution in [0, 0.1) is 0 Å². The van der Waals surface area contributed by atoms with Crippen LogP contribution in [0.5, 0.6) is 0 Å². The molecule has 0 fully saturated rings. The Bertz CT molecular complexity index is 232. The summed E-state index contributed by atoms with van der Waals surface area (Å²) in [5.74, 6) is -0.209. The van der Waals surface area contributed by atoms with E-state index in [0.717, 1.165) is 0 Å². The first kappa shape index (κ1) is 5.43. The molecule has 0 aromatic carbocycles. The molecule has 0 atom stereocenters. The van der Waals surface area contributed by atoms with E-state index >= 15 is 0 Å². The maximum Gasteiger partial charge on any atom is 0.298 e. The third kappa shape index (κ3) is 0.608. The van der Waals surface area contributed by atoms with Crippen LogP contribution in [0.15, 0.2) is 16.9 Å². The molecule has 2 rings (SSSR count). The van der Waals surface area contributed by atoms with Crippen molar-refractivity contribution >= 4 is 12.2 Å². The predicted octanol–water partition coefficient (Wildman–Crippen LogP) is -1.24. The van der Waals surface area contributed by atoms with Gasteiger partial charge in [-0.25, -0.2) is 5.43 Å². The third-order valence-corrected chi connectivity index (χ3v) is 1.36. The van der Waals surface area contributed by atoms with Gasteiger partial charge in [-0.3, -0.25) is 9.80 Å². The van der Waals surface area contributed by atoms with Crippen molar-refractivity contribution in [1.29, 1.82) is 0 Å². The van der Waals surface area contributed by atoms with Gasteiger partial charge in [0.15, 0.2) is 0 Å². The van der Waals surface area contributed by atoms with Gasteiger partial charge in [0.1, 0.15) is 12.0 Å². The summed E-state index contributed by atoms with van der Waals surface area (Å²) in [4.78, 5) is 14.4. The Hall–Kier alpha value is -1.36. The largest absolute Gasteiger partial charge is 0.375 e. The summed E-state index contributed by atoms with van der Waals surface area (Å²) in [6.45, 7) is 0.628. The number of fused-ring (bicyclic) bond motifs is 1. The van der Waals surface area contributed by atoms with Gasteiger partial charge in [0, 0.05) is 6.20 Å². The van der Waals surface area contributed by atoms with Crippen LogP contribution in [-0.2, 0) is 4.79 Å². The van der Waals surface area contributed by atoms with Crippen molar-refractivity contribution in [2.24, 2.45) is 4.99 Å². The molecule has 5 heteroatoms. The van der Waals surface area contributed by atoms with Crippen LogP contribution in [0.2, 0.25) is 0 Å². The molecule has 2 N–H and O–H groups in total. The third-order valence-electron chi connectivity index (χ3n) is 1.36. The number of hydrogen-bond donors (Lipinski definition) is 2. The summed E-state index contributed by atoms with van der Waals surface area (Å²) in [6, 6.07) is 0. The summed E-state index contributed by atoms with van der Waals surface area (Å²) >= 11 is 0. The number of nitrogens with one attached hydrogen (secondary N) is 2. The Labute approximate surface area is 57.4 Å². The van der Waals surface area contributed by atoms with Crippen LogP contribution in [0.25, 0.3) is 0 Å². The first-order chi connectivity index (χ1) is 4.88. The fourth-order valence-electron chi connectivity index (χ4n) is 0.877. The molecule has 0 radical (unpaired) electrons. The summed E-state index contributed by atoms with van der Waals surface area (Å²) in [5, 5.41) is 4.47. The molecule has 2 heterocycles. The second kappa shape index (κ2) is 1.81. The fraction of sp³-hybridized carbons (Fsp3) is 0.200. The van der Waals surface area contributed by atoms with Crippen LogP contribution < -0.4 is 10.7 Å². The normalized spacial score (nSPS) is 22.2. The number of carbonyl (C=O) groups is 1. The summed E-state index contributed by atoms with van der Waals surface area (Å²) < 4.78 is 0. The van der Waals surface area contributed by atoms with Crippen LogP contribution in [0.3, 0.4) is 0 Å². The van der Waals surface area contributed by atoms with E-state index < -0.39 is 0 Å². The van der Waals surface area contributed by atoms with Crippen LogP contribution in [0.4, 0.5) is 0 Å². The molecule has 0 aromatic rings. The van der Waals surface area contributed by atoms with Crippen molar-refractivity contribution < 1.29 is 4.79 Å². The van der Waals surface area contributed by atoms with Gasteiger partial charge in [-0.1, -0.05) is 0 Å². The molecular formula is C5H6N4O. The van der Waals surface area contributed by atoms with E-state index in [2.05, 4.69) is 15.7 Å². The molecule has 0 saturated carbocycles. The van der Waals surface area contributed by atoms with Crippen molar-refractivity contribution in [3.8, 4) is 0 Å². The zero-order chi connectivity index (χ0) is 6.97. The quantitative estimate of drug-likeness (QED) is 0.440. The van der Waals surface area contributed by atoms with Gasteiger partial charge in [-0.05, 0) is 0 Å². The molecule has 2 aliphatic rings. The molecule has 52 valence electrons. The van der Waals surface area contributed by atoms with Gasteiger partial charge in [-0.15, -0.1) is 0 Å². The summed E-state index contributed by atoms with van der Waals surface area (Å²) in [7, 11) is 0. The maximum atomic E-state index is 10.8. The van der Waals surface area contributed by atoms with Gasteiger partial charge >= 0.3 is 0 Å². The average Bonchev–Trinajstić information content (AvgIpc) is 2.34. The van der Waals surface area contributed by atoms with E-state index in [1.807, 2.05) is 0 Å². The molecular weight excluding hydrogens is 132 g/mol. The Balaban J connectivity index is 2.34. The van der Waals surface area contributed by atoms with Crippen molar-refractivity contribution in [3.05, 3.63) is 11.9 Å². The van der Waals surface area contributed by atoms with Gasteiger partial charge in [-0.2, -0.15) is 4.99 Å². The van der Waals surface area contributed by atoms with E-state index in [-0.39, 0.29) is 5.91 Å². The van der Waals surface area contributed by atoms with Crippen LogP contribution in [0.1, 0.15) is 0 Å². The van der Waals surface area contributed by atoms with Gasteiger partial charge in [0.25, 0.3) is 5.91 Å². The van der Waals surface area contributed by atoms with Crippen molar-refractivity contribution in [3.63, 3.8) is 0 Å². The Morgan fingerprint density at radius 2 is 2.60 bits per heavy atom. The molecule has 0 unspecified atom stereocenters. The lowest BCUT2D eigenvalue weighted by Gasteiger charge is -2.21. The Kier molecular flexibility index (Phi) is 0.983. The monoisotopic (exact) mass is 138 g/mol. The lowest BCUT2D eigenvalue weighted by molar-refractivity contribution is -0.114. The molecule has 5 nitrogen and oxygen atoms in total. The van der Waals surface area contributed by atoms with Gasteiger partial charge in [0.2, 0.25) is 0 Å². The molecule has 0 bridgehead atoms. The van der Waals surface area contributed by atoms with E-state index in [1.54, 1.807) is 11.2 Å². The molecule has 0 aliphatic carbocycles. The standard InChI is InChI=1S/C5H6N4O/c10-5-4-1-6-2-8-9(4)3-7-5/h1,3,6,8H,2H2. The topological polar surface area (TPSA) is 56.7 Å². The van der Waals surface area contributed by atoms with Crippen molar-refractivity contribution in [2.75, 3.05) is 6.67 Å². The van der Waals surface area contributed by atoms with E-state index in [0.29, 0.717) is 12.4 Å². The molecule has 2 aliphatic heterocycles. The van der Waals surface area contributed by atoms with E-state index in [1.165, 1.54) is 6.34 Å². The lowest BCUT2D eigenvalue weighted by atomic mass is 10.4. The second-order valence-electron chi connectivity index (χ2n) is 1.99. The lowest BCUT2D eigenvalue weighted by Crippen LogP contribution is -2.44. The first-order valence-corrected chi connectivity index (χ1v) is 2.93. The zero-order valence-corrected chi connectivity index (χ0v) is 5.16. The molecule has 1 amide bonds. The highest BCUT2D eigenvalue weighted by Gasteiger charge is 2.23. The number of carbonyl (C=O) groups excluding carboxylic acids is 1. The highest BCUT2D eigenvalue weighted by Crippen LogP contribution is 2.08. The minimum Gasteiger partial charge on any atom is -0.375 e. The number of aliphatic imine (C=N–C) groups is 1. The fourth-order valence-corrected chi connectivity index (χ4v) is 0.877. The van der Waals surface area contributed by atoms with Crippen molar-refractivity contribution in [2.45, 2.75) is 0 Å². The Morgan fingerprint density at radius 3 is 3.40 bits per heavy atom. The smallest absolute Gasteiger partial charge is 0.298 e. The molecule has 0 saturated heterocycles. The molecule has 0 aromatic heterocycles. The van der Waals surface area contributed by atoms with Crippen molar-refractivity contribution in [1.82, 2.24) is 15.8 Å². The van der Waals surface area contributed by atoms with E-state index in [4.69, 9.17) is 0 Å². The Morgan fingerprint density at radius 1 is 1.70 bits per heavy atom. The highest BCUT2D eigenvalue weighted by atomic mass is 16.2. The minimum atomic E-state index is -0.209. The van der Waals surface area contributed by atoms with Gasteiger partial charge in [0.05, 0.1) is 6.67 Å².